The molecule has 0 aromatic heterocycles. The number of carbonyl (C=O) groups excluding carboxylic acids is 2. The number of carbonyl (C=O) groups is 2. The zero-order valence-corrected chi connectivity index (χ0v) is 16.8. The highest BCUT2D eigenvalue weighted by Crippen LogP contribution is 2.22. The second kappa shape index (κ2) is 9.06. The third-order valence-corrected chi connectivity index (χ3v) is 5.76. The Bertz CT molecular complexity index is 982. The Balaban J connectivity index is 1.82. The summed E-state index contributed by atoms with van der Waals surface area (Å²) in [4.78, 5) is 26.1. The molecule has 0 radical (unpaired) electrons. The van der Waals surface area contributed by atoms with Gasteiger partial charge in [-0.15, -0.1) is 0 Å². The Kier molecular flexibility index (Phi) is 6.50. The predicted octanol–water partition coefficient (Wildman–Crippen LogP) is 2.14. The summed E-state index contributed by atoms with van der Waals surface area (Å²) in [5, 5.41) is 0. The molecule has 0 bridgehead atoms. The summed E-state index contributed by atoms with van der Waals surface area (Å²) in [6.45, 7) is 3.73. The summed E-state index contributed by atoms with van der Waals surface area (Å²) in [5.41, 5.74) is 0.716. The third kappa shape index (κ3) is 4.93. The zero-order chi connectivity index (χ0) is 20.9. The number of nitrogens with one attached hydrogen (secondary N) is 1. The summed E-state index contributed by atoms with van der Waals surface area (Å²) >= 11 is 0. The van der Waals surface area contributed by atoms with Crippen molar-refractivity contribution in [3.8, 4) is 0 Å². The maximum absolute atomic E-state index is 12.8. The molecule has 0 atom stereocenters. The Labute approximate surface area is 169 Å². The molecule has 0 saturated carbocycles. The van der Waals surface area contributed by atoms with Crippen molar-refractivity contribution in [1.29, 1.82) is 0 Å². The second-order valence-electron chi connectivity index (χ2n) is 6.30. The van der Waals surface area contributed by atoms with Crippen LogP contribution in [0.15, 0.2) is 53.4 Å². The van der Waals surface area contributed by atoms with Crippen molar-refractivity contribution >= 4 is 27.6 Å². The van der Waals surface area contributed by atoms with Crippen LogP contribution in [0.5, 0.6) is 0 Å². The molecule has 0 spiro atoms. The van der Waals surface area contributed by atoms with Crippen molar-refractivity contribution in [3.05, 3.63) is 59.7 Å². The minimum Gasteiger partial charge on any atom is -0.462 e. The van der Waals surface area contributed by atoms with Crippen LogP contribution in [0.1, 0.15) is 27.6 Å². The molecule has 0 unspecified atom stereocenters. The van der Waals surface area contributed by atoms with E-state index in [2.05, 4.69) is 4.72 Å². The summed E-state index contributed by atoms with van der Waals surface area (Å²) < 4.78 is 38.2. The van der Waals surface area contributed by atoms with Gasteiger partial charge in [0.2, 0.25) is 0 Å². The average Bonchev–Trinajstić information content (AvgIpc) is 2.74. The lowest BCUT2D eigenvalue weighted by Crippen LogP contribution is -2.41. The quantitative estimate of drug-likeness (QED) is 0.721. The van der Waals surface area contributed by atoms with Crippen molar-refractivity contribution in [2.24, 2.45) is 0 Å². The summed E-state index contributed by atoms with van der Waals surface area (Å²) in [5.74, 6) is -0.782. The van der Waals surface area contributed by atoms with Crippen LogP contribution in [0.4, 0.5) is 5.69 Å². The van der Waals surface area contributed by atoms with Crippen LogP contribution in [0, 0.1) is 0 Å². The van der Waals surface area contributed by atoms with Crippen LogP contribution in [0.2, 0.25) is 0 Å². The molecule has 1 fully saturated rings. The molecule has 1 saturated heterocycles. The molecule has 0 aliphatic carbocycles. The van der Waals surface area contributed by atoms with Crippen molar-refractivity contribution in [2.75, 3.05) is 37.6 Å². The first-order valence-electron chi connectivity index (χ1n) is 9.18. The highest BCUT2D eigenvalue weighted by molar-refractivity contribution is 7.92. The molecule has 3 rings (SSSR count). The Morgan fingerprint density at radius 2 is 1.72 bits per heavy atom. The molecule has 2 aromatic carbocycles. The van der Waals surface area contributed by atoms with Crippen LogP contribution in [0.25, 0.3) is 0 Å². The smallest absolute Gasteiger partial charge is 0.338 e. The number of hydrogen-bond donors (Lipinski definition) is 1. The van der Waals surface area contributed by atoms with Gasteiger partial charge < -0.3 is 14.4 Å². The monoisotopic (exact) mass is 418 g/mol. The van der Waals surface area contributed by atoms with Gasteiger partial charge in [0.05, 0.1) is 41.5 Å². The average molecular weight is 418 g/mol. The number of anilines is 1. The van der Waals surface area contributed by atoms with Gasteiger partial charge >= 0.3 is 5.97 Å². The maximum atomic E-state index is 12.8. The Hall–Kier alpha value is -2.91. The zero-order valence-electron chi connectivity index (χ0n) is 16.0. The number of nitrogens with zero attached hydrogens (tertiary/aromatic N) is 1. The van der Waals surface area contributed by atoms with Gasteiger partial charge in [0.1, 0.15) is 0 Å². The van der Waals surface area contributed by atoms with E-state index in [4.69, 9.17) is 9.47 Å². The standard InChI is InChI=1S/C20H22N2O6S/c1-2-28-20(24)15-7-9-16(10-8-15)29(25,26)21-18-6-4-3-5-17(18)19(23)22-11-13-27-14-12-22/h3-10,21H,2,11-14H2,1H3. The first-order chi connectivity index (χ1) is 13.9. The number of morpholine rings is 1. The van der Waals surface area contributed by atoms with Gasteiger partial charge in [-0.25, -0.2) is 13.2 Å². The molecule has 2 aromatic rings. The fourth-order valence-electron chi connectivity index (χ4n) is 2.88. The number of sulfonamides is 1. The third-order valence-electron chi connectivity index (χ3n) is 4.38. The van der Waals surface area contributed by atoms with Crippen molar-refractivity contribution in [1.82, 2.24) is 4.90 Å². The molecule has 8 nitrogen and oxygen atoms in total. The van der Waals surface area contributed by atoms with Crippen LogP contribution in [0.3, 0.4) is 0 Å². The van der Waals surface area contributed by atoms with Crippen LogP contribution in [-0.4, -0.2) is 58.1 Å². The highest BCUT2D eigenvalue weighted by Gasteiger charge is 2.23. The lowest BCUT2D eigenvalue weighted by molar-refractivity contribution is 0.0303. The predicted molar refractivity (Wildman–Crippen MR) is 106 cm³/mol. The molecule has 9 heteroatoms. The number of esters is 1. The Morgan fingerprint density at radius 1 is 1.07 bits per heavy atom. The minimum absolute atomic E-state index is 0.0285. The summed E-state index contributed by atoms with van der Waals surface area (Å²) in [7, 11) is -3.95. The molecule has 1 N–H and O–H groups in total. The second-order valence-corrected chi connectivity index (χ2v) is 7.98. The van der Waals surface area contributed by atoms with Gasteiger partial charge in [-0.05, 0) is 43.3 Å². The van der Waals surface area contributed by atoms with E-state index in [9.17, 15) is 18.0 Å². The van der Waals surface area contributed by atoms with Gasteiger partial charge in [-0.1, -0.05) is 12.1 Å². The van der Waals surface area contributed by atoms with Gasteiger partial charge in [0, 0.05) is 13.1 Å². The fraction of sp³-hybridized carbons (Fsp3) is 0.300. The first-order valence-corrected chi connectivity index (χ1v) is 10.7. The highest BCUT2D eigenvalue weighted by atomic mass is 32.2. The number of hydrogen-bond acceptors (Lipinski definition) is 6. The molecule has 1 amide bonds. The van der Waals surface area contributed by atoms with E-state index in [1.807, 2.05) is 0 Å². The van der Waals surface area contributed by atoms with Gasteiger partial charge in [0.25, 0.3) is 15.9 Å². The first kappa shape index (κ1) is 20.8. The number of benzene rings is 2. The number of ether oxygens (including phenoxy) is 2. The van der Waals surface area contributed by atoms with E-state index in [0.717, 1.165) is 0 Å². The van der Waals surface area contributed by atoms with Crippen LogP contribution >= 0.6 is 0 Å². The number of amides is 1. The molecule has 1 aliphatic heterocycles. The van der Waals surface area contributed by atoms with E-state index >= 15 is 0 Å². The number of para-hydroxylation sites is 1. The molecule has 154 valence electrons. The van der Waals surface area contributed by atoms with Gasteiger partial charge in [-0.2, -0.15) is 0 Å². The van der Waals surface area contributed by atoms with E-state index in [1.54, 1.807) is 30.0 Å². The SMILES string of the molecule is CCOC(=O)c1ccc(S(=O)(=O)Nc2ccccc2C(=O)N2CCOCC2)cc1. The van der Waals surface area contributed by atoms with E-state index in [-0.39, 0.29) is 34.2 Å². The van der Waals surface area contributed by atoms with Crippen molar-refractivity contribution in [2.45, 2.75) is 11.8 Å². The van der Waals surface area contributed by atoms with Crippen LogP contribution < -0.4 is 4.72 Å². The minimum atomic E-state index is -3.95. The molecular weight excluding hydrogens is 396 g/mol. The Morgan fingerprint density at radius 3 is 2.38 bits per heavy atom. The van der Waals surface area contributed by atoms with Gasteiger partial charge in [-0.3, -0.25) is 9.52 Å². The van der Waals surface area contributed by atoms with Crippen LogP contribution in [-0.2, 0) is 19.5 Å². The topological polar surface area (TPSA) is 102 Å². The van der Waals surface area contributed by atoms with E-state index in [0.29, 0.717) is 26.3 Å². The summed E-state index contributed by atoms with van der Waals surface area (Å²) in [6, 6.07) is 11.9. The molecular formula is C20H22N2O6S. The van der Waals surface area contributed by atoms with E-state index in [1.165, 1.54) is 30.3 Å². The fourth-order valence-corrected chi connectivity index (χ4v) is 3.96. The molecule has 1 aliphatic rings. The lowest BCUT2D eigenvalue weighted by atomic mass is 10.1. The lowest BCUT2D eigenvalue weighted by Gasteiger charge is -2.27. The van der Waals surface area contributed by atoms with Crippen molar-refractivity contribution in [3.63, 3.8) is 0 Å². The maximum Gasteiger partial charge on any atom is 0.338 e. The van der Waals surface area contributed by atoms with Gasteiger partial charge in [0.15, 0.2) is 0 Å². The number of rotatable bonds is 6. The molecule has 1 heterocycles. The summed E-state index contributed by atoms with van der Waals surface area (Å²) in [6.07, 6.45) is 0. The van der Waals surface area contributed by atoms with E-state index < -0.39 is 16.0 Å². The largest absolute Gasteiger partial charge is 0.462 e. The van der Waals surface area contributed by atoms with Crippen molar-refractivity contribution < 1.29 is 27.5 Å². The normalized spacial score (nSPS) is 14.3. The molecule has 29 heavy (non-hydrogen) atoms.